The molecule has 1 aromatic rings. The molecule has 0 saturated carbocycles. The Kier molecular flexibility index (Phi) is 4.63. The molecule has 5 heteroatoms. The highest BCUT2D eigenvalue weighted by Crippen LogP contribution is 2.14. The van der Waals surface area contributed by atoms with Crippen LogP contribution >= 0.6 is 0 Å². The summed E-state index contributed by atoms with van der Waals surface area (Å²) in [6, 6.07) is 3.38. The number of pyridine rings is 1. The van der Waals surface area contributed by atoms with Crippen molar-refractivity contribution in [1.29, 1.82) is 0 Å². The second kappa shape index (κ2) is 5.98. The molecule has 0 aliphatic rings. The predicted octanol–water partition coefficient (Wildman–Crippen LogP) is 1.06. The topological polar surface area (TPSA) is 59.5 Å². The third kappa shape index (κ3) is 3.55. The Morgan fingerprint density at radius 2 is 2.24 bits per heavy atom. The lowest BCUT2D eigenvalue weighted by Gasteiger charge is -2.15. The predicted molar refractivity (Wildman–Crippen MR) is 63.2 cm³/mol. The summed E-state index contributed by atoms with van der Waals surface area (Å²) in [5.41, 5.74) is 0.952. The number of aryl methyl sites for hydroxylation is 1. The van der Waals surface area contributed by atoms with E-state index in [0.717, 1.165) is 5.69 Å². The zero-order valence-corrected chi connectivity index (χ0v) is 10.3. The minimum atomic E-state index is -0.134. The van der Waals surface area contributed by atoms with E-state index in [1.165, 1.54) is 0 Å². The van der Waals surface area contributed by atoms with Gasteiger partial charge in [-0.05, 0) is 26.0 Å². The lowest BCUT2D eigenvalue weighted by molar-refractivity contribution is -0.131. The number of ether oxygens (including phenoxy) is 1. The van der Waals surface area contributed by atoms with Gasteiger partial charge in [0.05, 0.1) is 0 Å². The van der Waals surface area contributed by atoms with E-state index in [4.69, 9.17) is 4.74 Å². The maximum Gasteiger partial charge on any atom is 0.260 e. The second-order valence-corrected chi connectivity index (χ2v) is 3.65. The Balaban J connectivity index is 2.69. The van der Waals surface area contributed by atoms with Gasteiger partial charge in [-0.2, -0.15) is 0 Å². The van der Waals surface area contributed by atoms with Crippen molar-refractivity contribution in [2.24, 2.45) is 0 Å². The third-order valence-corrected chi connectivity index (χ3v) is 2.39. The van der Waals surface area contributed by atoms with Crippen LogP contribution in [0.25, 0.3) is 0 Å². The highest BCUT2D eigenvalue weighted by Gasteiger charge is 2.10. The van der Waals surface area contributed by atoms with Crippen LogP contribution in [0, 0.1) is 6.92 Å². The molecule has 0 spiro atoms. The molecule has 92 valence electrons. The summed E-state index contributed by atoms with van der Waals surface area (Å²) in [5, 5.41) is 0. The standard InChI is InChI=1S/C12H16N2O3/c1-4-14(3)12(16)8-17-11-6-5-9(2)13-10(11)7-15/h5-7H,4,8H2,1-3H3. The molecule has 0 fully saturated rings. The van der Waals surface area contributed by atoms with Crippen LogP contribution in [-0.4, -0.2) is 42.3 Å². The molecule has 0 aliphatic carbocycles. The molecule has 0 bridgehead atoms. The third-order valence-electron chi connectivity index (χ3n) is 2.39. The Morgan fingerprint density at radius 3 is 2.82 bits per heavy atom. The summed E-state index contributed by atoms with van der Waals surface area (Å²) in [6.45, 7) is 4.19. The van der Waals surface area contributed by atoms with Crippen LogP contribution in [0.15, 0.2) is 12.1 Å². The molecule has 1 amide bonds. The molecule has 0 unspecified atom stereocenters. The summed E-state index contributed by atoms with van der Waals surface area (Å²) in [6.07, 6.45) is 0.621. The summed E-state index contributed by atoms with van der Waals surface area (Å²) in [5.74, 6) is 0.202. The summed E-state index contributed by atoms with van der Waals surface area (Å²) < 4.78 is 5.28. The minimum absolute atomic E-state index is 0.0874. The fourth-order valence-electron chi connectivity index (χ4n) is 1.20. The molecule has 0 saturated heterocycles. The van der Waals surface area contributed by atoms with Gasteiger partial charge in [0.25, 0.3) is 5.91 Å². The molecule has 5 nitrogen and oxygen atoms in total. The molecule has 0 aromatic carbocycles. The molecule has 0 aliphatic heterocycles. The van der Waals surface area contributed by atoms with Gasteiger partial charge in [-0.3, -0.25) is 9.59 Å². The summed E-state index contributed by atoms with van der Waals surface area (Å²) in [4.78, 5) is 27.8. The van der Waals surface area contributed by atoms with E-state index in [1.807, 2.05) is 6.92 Å². The zero-order chi connectivity index (χ0) is 12.8. The molecule has 0 atom stereocenters. The largest absolute Gasteiger partial charge is 0.481 e. The molecule has 1 heterocycles. The molecule has 17 heavy (non-hydrogen) atoms. The first-order valence-corrected chi connectivity index (χ1v) is 5.38. The molecular formula is C12H16N2O3. The first-order valence-electron chi connectivity index (χ1n) is 5.38. The first kappa shape index (κ1) is 13.2. The van der Waals surface area contributed by atoms with Crippen molar-refractivity contribution < 1.29 is 14.3 Å². The normalized spacial score (nSPS) is 9.82. The quantitative estimate of drug-likeness (QED) is 0.717. The number of hydrogen-bond acceptors (Lipinski definition) is 4. The smallest absolute Gasteiger partial charge is 0.260 e. The Morgan fingerprint density at radius 1 is 1.53 bits per heavy atom. The van der Waals surface area contributed by atoms with Crippen molar-refractivity contribution in [2.75, 3.05) is 20.2 Å². The van der Waals surface area contributed by atoms with Gasteiger partial charge in [0.2, 0.25) is 0 Å². The fourth-order valence-corrected chi connectivity index (χ4v) is 1.20. The maximum atomic E-state index is 11.5. The van der Waals surface area contributed by atoms with Crippen LogP contribution < -0.4 is 4.74 Å². The van der Waals surface area contributed by atoms with E-state index >= 15 is 0 Å². The number of hydrogen-bond donors (Lipinski definition) is 0. The first-order chi connectivity index (χ1) is 8.08. The van der Waals surface area contributed by atoms with Crippen LogP contribution in [0.1, 0.15) is 23.1 Å². The summed E-state index contributed by atoms with van der Waals surface area (Å²) >= 11 is 0. The number of rotatable bonds is 5. The number of carbonyl (C=O) groups excluding carboxylic acids is 2. The number of aromatic nitrogens is 1. The average molecular weight is 236 g/mol. The van der Waals surface area contributed by atoms with Gasteiger partial charge in [0, 0.05) is 19.3 Å². The number of likely N-dealkylation sites (N-methyl/N-ethyl adjacent to an activating group) is 1. The monoisotopic (exact) mass is 236 g/mol. The van der Waals surface area contributed by atoms with Gasteiger partial charge >= 0.3 is 0 Å². The molecule has 1 rings (SSSR count). The van der Waals surface area contributed by atoms with Crippen LogP contribution in [0.4, 0.5) is 0 Å². The minimum Gasteiger partial charge on any atom is -0.481 e. The van der Waals surface area contributed by atoms with Gasteiger partial charge < -0.3 is 9.64 Å². The van der Waals surface area contributed by atoms with Gasteiger partial charge in [-0.1, -0.05) is 0 Å². The van der Waals surface area contributed by atoms with Gasteiger partial charge in [-0.15, -0.1) is 0 Å². The molecular weight excluding hydrogens is 220 g/mol. The molecule has 0 radical (unpaired) electrons. The van der Waals surface area contributed by atoms with Crippen molar-refractivity contribution in [3.05, 3.63) is 23.5 Å². The Hall–Kier alpha value is -1.91. The van der Waals surface area contributed by atoms with E-state index in [0.29, 0.717) is 18.6 Å². The fraction of sp³-hybridized carbons (Fsp3) is 0.417. The lowest BCUT2D eigenvalue weighted by Crippen LogP contribution is -2.31. The number of aldehydes is 1. The number of nitrogens with zero attached hydrogens (tertiary/aromatic N) is 2. The van der Waals surface area contributed by atoms with Gasteiger partial charge in [0.1, 0.15) is 11.4 Å². The van der Waals surface area contributed by atoms with Crippen LogP contribution in [-0.2, 0) is 4.79 Å². The van der Waals surface area contributed by atoms with Crippen molar-refractivity contribution in [3.8, 4) is 5.75 Å². The van der Waals surface area contributed by atoms with Crippen LogP contribution in [0.2, 0.25) is 0 Å². The van der Waals surface area contributed by atoms with Gasteiger partial charge in [-0.25, -0.2) is 4.98 Å². The van der Waals surface area contributed by atoms with Crippen molar-refractivity contribution >= 4 is 12.2 Å². The Labute approximate surface area is 100 Å². The van der Waals surface area contributed by atoms with Crippen LogP contribution in [0.5, 0.6) is 5.75 Å². The van der Waals surface area contributed by atoms with Crippen LogP contribution in [0.3, 0.4) is 0 Å². The van der Waals surface area contributed by atoms with E-state index < -0.39 is 0 Å². The second-order valence-electron chi connectivity index (χ2n) is 3.65. The Bertz CT molecular complexity index is 418. The average Bonchev–Trinajstić information content (AvgIpc) is 2.35. The number of amides is 1. The van der Waals surface area contributed by atoms with Crippen molar-refractivity contribution in [2.45, 2.75) is 13.8 Å². The van der Waals surface area contributed by atoms with Crippen molar-refractivity contribution in [3.63, 3.8) is 0 Å². The highest BCUT2D eigenvalue weighted by molar-refractivity contribution is 5.79. The molecule has 0 N–H and O–H groups in total. The number of carbonyl (C=O) groups is 2. The van der Waals surface area contributed by atoms with Crippen molar-refractivity contribution in [1.82, 2.24) is 9.88 Å². The van der Waals surface area contributed by atoms with E-state index in [9.17, 15) is 9.59 Å². The SMILES string of the molecule is CCN(C)C(=O)COc1ccc(C)nc1C=O. The summed E-state index contributed by atoms with van der Waals surface area (Å²) in [7, 11) is 1.69. The van der Waals surface area contributed by atoms with E-state index in [2.05, 4.69) is 4.98 Å². The zero-order valence-electron chi connectivity index (χ0n) is 10.3. The lowest BCUT2D eigenvalue weighted by atomic mass is 10.3. The van der Waals surface area contributed by atoms with Gasteiger partial charge in [0.15, 0.2) is 12.9 Å². The van der Waals surface area contributed by atoms with E-state index in [1.54, 1.807) is 31.0 Å². The highest BCUT2D eigenvalue weighted by atomic mass is 16.5. The van der Waals surface area contributed by atoms with E-state index in [-0.39, 0.29) is 18.2 Å². The molecule has 1 aromatic heterocycles. The maximum absolute atomic E-state index is 11.5.